The molecular weight excluding hydrogens is 270 g/mol. The normalized spacial score (nSPS) is 12.5. The zero-order valence-corrected chi connectivity index (χ0v) is 14.1. The fourth-order valence-electron chi connectivity index (χ4n) is 2.76. The summed E-state index contributed by atoms with van der Waals surface area (Å²) in [6.07, 6.45) is 0.906. The Morgan fingerprint density at radius 2 is 1.64 bits per heavy atom. The fraction of sp³-hybridized carbons (Fsp3) is 0.400. The van der Waals surface area contributed by atoms with Gasteiger partial charge in [0.25, 0.3) is 0 Å². The number of nitrogens with two attached hydrogens (primary N) is 1. The van der Waals surface area contributed by atoms with E-state index >= 15 is 0 Å². The first-order chi connectivity index (χ1) is 10.5. The van der Waals surface area contributed by atoms with Gasteiger partial charge in [0.15, 0.2) is 0 Å². The van der Waals surface area contributed by atoms with Crippen molar-refractivity contribution in [2.24, 2.45) is 5.73 Å². The van der Waals surface area contributed by atoms with Crippen LogP contribution in [0.15, 0.2) is 42.5 Å². The lowest BCUT2D eigenvalue weighted by atomic mass is 9.89. The lowest BCUT2D eigenvalue weighted by Crippen LogP contribution is -2.15. The number of benzene rings is 2. The van der Waals surface area contributed by atoms with Crippen molar-refractivity contribution >= 4 is 0 Å². The highest BCUT2D eigenvalue weighted by Gasteiger charge is 2.15. The second-order valence-electron chi connectivity index (χ2n) is 6.27. The Hall–Kier alpha value is -1.80. The van der Waals surface area contributed by atoms with Crippen LogP contribution in [0.4, 0.5) is 0 Å². The van der Waals surface area contributed by atoms with Crippen LogP contribution in [0, 0.1) is 6.92 Å². The largest absolute Gasteiger partial charge is 0.496 e. The average molecular weight is 297 g/mol. The zero-order chi connectivity index (χ0) is 16.1. The number of ether oxygens (including phenoxy) is 1. The minimum atomic E-state index is 0.317. The van der Waals surface area contributed by atoms with E-state index in [0.717, 1.165) is 12.2 Å². The predicted molar refractivity (Wildman–Crippen MR) is 93.8 cm³/mol. The van der Waals surface area contributed by atoms with E-state index in [1.54, 1.807) is 7.11 Å². The number of methoxy groups -OCH3 is 1. The van der Waals surface area contributed by atoms with E-state index < -0.39 is 0 Å². The standard InChI is InChI=1S/C20H27NO/c1-14(2)17-9-10-20(22-4)18(11-17)12-19(13-21)16-7-5-15(3)6-8-16/h5-11,14,19H,12-13,21H2,1-4H3. The van der Waals surface area contributed by atoms with Crippen LogP contribution in [0.25, 0.3) is 0 Å². The molecule has 0 aromatic heterocycles. The minimum absolute atomic E-state index is 0.317. The minimum Gasteiger partial charge on any atom is -0.496 e. The summed E-state index contributed by atoms with van der Waals surface area (Å²) >= 11 is 0. The second kappa shape index (κ2) is 7.46. The molecule has 2 aromatic rings. The number of hydrogen-bond acceptors (Lipinski definition) is 2. The third-order valence-corrected chi connectivity index (χ3v) is 4.27. The molecule has 118 valence electrons. The highest BCUT2D eigenvalue weighted by molar-refractivity contribution is 5.40. The van der Waals surface area contributed by atoms with Crippen molar-refractivity contribution < 1.29 is 4.74 Å². The molecule has 2 aromatic carbocycles. The van der Waals surface area contributed by atoms with Gasteiger partial charge in [0.05, 0.1) is 7.11 Å². The molecule has 0 radical (unpaired) electrons. The van der Waals surface area contributed by atoms with Crippen LogP contribution in [0.5, 0.6) is 5.75 Å². The molecule has 0 spiro atoms. The maximum atomic E-state index is 6.04. The van der Waals surface area contributed by atoms with Crippen molar-refractivity contribution in [2.75, 3.05) is 13.7 Å². The second-order valence-corrected chi connectivity index (χ2v) is 6.27. The molecule has 0 bridgehead atoms. The van der Waals surface area contributed by atoms with Gasteiger partial charge in [0.2, 0.25) is 0 Å². The molecule has 1 unspecified atom stereocenters. The summed E-state index contributed by atoms with van der Waals surface area (Å²) in [7, 11) is 1.73. The van der Waals surface area contributed by atoms with E-state index in [-0.39, 0.29) is 0 Å². The van der Waals surface area contributed by atoms with Gasteiger partial charge in [0, 0.05) is 5.92 Å². The van der Waals surface area contributed by atoms with Crippen LogP contribution in [0.2, 0.25) is 0 Å². The molecule has 1 atom stereocenters. The van der Waals surface area contributed by atoms with Crippen molar-refractivity contribution in [1.82, 2.24) is 0 Å². The molecule has 0 aliphatic carbocycles. The highest BCUT2D eigenvalue weighted by Crippen LogP contribution is 2.29. The van der Waals surface area contributed by atoms with E-state index in [1.165, 1.54) is 22.3 Å². The zero-order valence-electron chi connectivity index (χ0n) is 14.1. The summed E-state index contributed by atoms with van der Waals surface area (Å²) in [4.78, 5) is 0. The van der Waals surface area contributed by atoms with Crippen LogP contribution in [-0.4, -0.2) is 13.7 Å². The Kier molecular flexibility index (Phi) is 5.62. The van der Waals surface area contributed by atoms with E-state index in [2.05, 4.69) is 63.2 Å². The summed E-state index contributed by atoms with van der Waals surface area (Å²) in [6.45, 7) is 7.17. The Bertz CT molecular complexity index is 602. The third-order valence-electron chi connectivity index (χ3n) is 4.27. The molecule has 22 heavy (non-hydrogen) atoms. The van der Waals surface area contributed by atoms with Crippen molar-refractivity contribution in [2.45, 2.75) is 39.0 Å². The molecule has 0 heterocycles. The number of rotatable bonds is 6. The maximum Gasteiger partial charge on any atom is 0.122 e. The topological polar surface area (TPSA) is 35.2 Å². The van der Waals surface area contributed by atoms with Crippen molar-refractivity contribution in [3.63, 3.8) is 0 Å². The average Bonchev–Trinajstić information content (AvgIpc) is 2.53. The van der Waals surface area contributed by atoms with Crippen LogP contribution < -0.4 is 10.5 Å². The van der Waals surface area contributed by atoms with E-state index in [0.29, 0.717) is 18.4 Å². The van der Waals surface area contributed by atoms with Gasteiger partial charge in [-0.05, 0) is 48.6 Å². The van der Waals surface area contributed by atoms with Crippen LogP contribution in [0.1, 0.15) is 47.9 Å². The summed E-state index contributed by atoms with van der Waals surface area (Å²) in [5.41, 5.74) is 11.2. The van der Waals surface area contributed by atoms with Gasteiger partial charge in [-0.25, -0.2) is 0 Å². The lowest BCUT2D eigenvalue weighted by molar-refractivity contribution is 0.407. The van der Waals surface area contributed by atoms with Gasteiger partial charge in [-0.1, -0.05) is 55.8 Å². The summed E-state index contributed by atoms with van der Waals surface area (Å²) < 4.78 is 5.54. The molecule has 2 heteroatoms. The van der Waals surface area contributed by atoms with Gasteiger partial charge in [-0.15, -0.1) is 0 Å². The quantitative estimate of drug-likeness (QED) is 0.857. The first-order valence-electron chi connectivity index (χ1n) is 7.98. The SMILES string of the molecule is COc1ccc(C(C)C)cc1CC(CN)c1ccc(C)cc1. The van der Waals surface area contributed by atoms with Gasteiger partial charge in [-0.3, -0.25) is 0 Å². The van der Waals surface area contributed by atoms with E-state index in [9.17, 15) is 0 Å². The van der Waals surface area contributed by atoms with Crippen LogP contribution >= 0.6 is 0 Å². The van der Waals surface area contributed by atoms with E-state index in [4.69, 9.17) is 10.5 Å². The first kappa shape index (κ1) is 16.6. The van der Waals surface area contributed by atoms with Gasteiger partial charge in [-0.2, -0.15) is 0 Å². The Labute approximate surface area is 134 Å². The van der Waals surface area contributed by atoms with Crippen molar-refractivity contribution in [3.8, 4) is 5.75 Å². The molecule has 2 rings (SSSR count). The molecule has 0 aliphatic heterocycles. The molecule has 2 nitrogen and oxygen atoms in total. The van der Waals surface area contributed by atoms with Crippen LogP contribution in [0.3, 0.4) is 0 Å². The summed E-state index contributed by atoms with van der Waals surface area (Å²) in [6, 6.07) is 15.2. The van der Waals surface area contributed by atoms with Crippen molar-refractivity contribution in [1.29, 1.82) is 0 Å². The summed E-state index contributed by atoms with van der Waals surface area (Å²) in [5, 5.41) is 0. The Morgan fingerprint density at radius 3 is 2.18 bits per heavy atom. The molecule has 0 fully saturated rings. The summed E-state index contributed by atoms with van der Waals surface area (Å²) in [5.74, 6) is 1.78. The Morgan fingerprint density at radius 1 is 1.00 bits per heavy atom. The lowest BCUT2D eigenvalue weighted by Gasteiger charge is -2.19. The maximum absolute atomic E-state index is 6.04. The van der Waals surface area contributed by atoms with Gasteiger partial charge < -0.3 is 10.5 Å². The molecular formula is C20H27NO. The molecule has 0 aliphatic rings. The van der Waals surface area contributed by atoms with Crippen molar-refractivity contribution in [3.05, 3.63) is 64.7 Å². The Balaban J connectivity index is 2.30. The third kappa shape index (κ3) is 3.89. The number of hydrogen-bond donors (Lipinski definition) is 1. The fourth-order valence-corrected chi connectivity index (χ4v) is 2.76. The first-order valence-corrected chi connectivity index (χ1v) is 7.98. The van der Waals surface area contributed by atoms with Crippen LogP contribution in [-0.2, 0) is 6.42 Å². The predicted octanol–water partition coefficient (Wildman–Crippen LogP) is 4.41. The number of aryl methyl sites for hydroxylation is 1. The highest BCUT2D eigenvalue weighted by atomic mass is 16.5. The monoisotopic (exact) mass is 297 g/mol. The molecule has 0 amide bonds. The van der Waals surface area contributed by atoms with E-state index in [1.807, 2.05) is 0 Å². The molecule has 2 N–H and O–H groups in total. The van der Waals surface area contributed by atoms with Gasteiger partial charge >= 0.3 is 0 Å². The van der Waals surface area contributed by atoms with Gasteiger partial charge in [0.1, 0.15) is 5.75 Å². The smallest absolute Gasteiger partial charge is 0.122 e. The molecule has 0 saturated carbocycles. The molecule has 0 saturated heterocycles.